The molecular weight excluding hydrogens is 767 g/mol. The van der Waals surface area contributed by atoms with Crippen molar-refractivity contribution >= 4 is 58.6 Å². The number of carbonyl (C=O) groups is 6. The highest BCUT2D eigenvalue weighted by Gasteiger charge is 2.45. The van der Waals surface area contributed by atoms with Gasteiger partial charge >= 0.3 is 6.03 Å². The number of nitrogens with one attached hydrogen (secondary N) is 2. The maximum absolute atomic E-state index is 13.4. The number of carbonyl (C=O) groups excluding carboxylic acids is 6. The topological polar surface area (TPSA) is 198 Å². The number of aromatic nitrogens is 2. The number of rotatable bonds is 9. The third-order valence-corrected chi connectivity index (χ3v) is 13.4. The monoisotopic (exact) mass is 817 g/mol. The van der Waals surface area contributed by atoms with Gasteiger partial charge in [0.05, 0.1) is 23.4 Å². The number of fused-ring (bicyclic) bond motifs is 1. The highest BCUT2D eigenvalue weighted by Crippen LogP contribution is 2.42. The third-order valence-electron chi connectivity index (χ3n) is 13.4. The van der Waals surface area contributed by atoms with Gasteiger partial charge in [0.15, 0.2) is 11.5 Å². The lowest BCUT2D eigenvalue weighted by atomic mass is 9.72. The summed E-state index contributed by atoms with van der Waals surface area (Å²) in [7, 11) is 1.83. The van der Waals surface area contributed by atoms with Gasteiger partial charge in [-0.2, -0.15) is 0 Å². The van der Waals surface area contributed by atoms with E-state index in [1.54, 1.807) is 23.2 Å². The molecule has 5 fully saturated rings. The van der Waals surface area contributed by atoms with Gasteiger partial charge in [0, 0.05) is 77.2 Å². The Balaban J connectivity index is 0.807. The van der Waals surface area contributed by atoms with Gasteiger partial charge in [0.1, 0.15) is 11.9 Å². The Bertz CT molecular complexity index is 2240. The largest absolute Gasteiger partial charge is 0.371 e. The lowest BCUT2D eigenvalue weighted by Crippen LogP contribution is -2.54. The number of imide groups is 2. The number of piperidine rings is 4. The van der Waals surface area contributed by atoms with Crippen molar-refractivity contribution in [3.63, 3.8) is 0 Å². The van der Waals surface area contributed by atoms with E-state index in [1.807, 2.05) is 30.1 Å². The van der Waals surface area contributed by atoms with Crippen LogP contribution in [-0.4, -0.2) is 137 Å². The van der Waals surface area contributed by atoms with Gasteiger partial charge < -0.3 is 30.7 Å². The maximum atomic E-state index is 13.4. The Hall–Kier alpha value is -6.10. The molecule has 17 nitrogen and oxygen atoms in total. The number of amides is 7. The molecule has 2 aromatic carbocycles. The molecule has 1 unspecified atom stereocenters. The minimum Gasteiger partial charge on any atom is -0.371 e. The van der Waals surface area contributed by atoms with Crippen LogP contribution in [0, 0.1) is 5.41 Å². The van der Waals surface area contributed by atoms with Crippen molar-refractivity contribution in [3.8, 4) is 0 Å². The second kappa shape index (κ2) is 15.8. The number of hydrogen-bond donors (Lipinski definition) is 3. The van der Waals surface area contributed by atoms with Crippen molar-refractivity contribution in [3.05, 3.63) is 71.0 Å². The van der Waals surface area contributed by atoms with Gasteiger partial charge in [0.25, 0.3) is 17.7 Å². The van der Waals surface area contributed by atoms with Crippen LogP contribution in [0.1, 0.15) is 88.1 Å². The summed E-state index contributed by atoms with van der Waals surface area (Å²) in [6, 6.07) is 12.7. The molecule has 7 amide bonds. The summed E-state index contributed by atoms with van der Waals surface area (Å²) < 4.78 is 0. The molecule has 17 heteroatoms. The molecule has 1 spiro atoms. The average Bonchev–Trinajstić information content (AvgIpc) is 3.71. The lowest BCUT2D eigenvalue weighted by molar-refractivity contribution is -0.136. The molecule has 60 heavy (non-hydrogen) atoms. The minimum absolute atomic E-state index is 0.0560. The normalized spacial score (nSPS) is 23.4. The second-order valence-electron chi connectivity index (χ2n) is 17.2. The molecule has 7 heterocycles. The molecule has 1 aromatic heterocycles. The fraction of sp³-hybridized carbons (Fsp3) is 0.488. The van der Waals surface area contributed by atoms with E-state index < -0.39 is 35.6 Å². The van der Waals surface area contributed by atoms with E-state index in [9.17, 15) is 28.8 Å². The zero-order valence-corrected chi connectivity index (χ0v) is 33.9. The molecule has 2 atom stereocenters. The van der Waals surface area contributed by atoms with Crippen LogP contribution in [0.15, 0.2) is 48.7 Å². The van der Waals surface area contributed by atoms with Crippen LogP contribution >= 0.6 is 0 Å². The first kappa shape index (κ1) is 39.4. The highest BCUT2D eigenvalue weighted by atomic mass is 16.2. The van der Waals surface area contributed by atoms with Gasteiger partial charge in [-0.3, -0.25) is 39.1 Å². The van der Waals surface area contributed by atoms with Crippen molar-refractivity contribution < 1.29 is 28.8 Å². The van der Waals surface area contributed by atoms with E-state index in [2.05, 4.69) is 42.5 Å². The zero-order valence-electron chi connectivity index (χ0n) is 33.9. The second-order valence-corrected chi connectivity index (χ2v) is 17.2. The standard InChI is InChI=1S/C43H51N11O6/c1-49-20-21-53(42(49)60)30-4-2-17-52(25-30)34-23-45-36(37(44)56)38(47-34)46-28-6-8-29(9-7-28)51-18-14-43(15-19-51)13-3-16-50(26-43)24-27-5-10-31-32(22-27)41(59)54(40(31)58)33-11-12-35(55)48-39(33)57/h5-10,22-23,30,33H,2-4,11-21,24-26H2,1H3,(H2,44,56)(H,46,47)(H,48,55,57)/t30-,33?/m0/s1. The van der Waals surface area contributed by atoms with Crippen LogP contribution in [-0.2, 0) is 16.1 Å². The zero-order chi connectivity index (χ0) is 41.7. The van der Waals surface area contributed by atoms with E-state index >= 15 is 0 Å². The number of anilines is 4. The summed E-state index contributed by atoms with van der Waals surface area (Å²) >= 11 is 0. The Morgan fingerprint density at radius 1 is 0.883 bits per heavy atom. The van der Waals surface area contributed by atoms with Gasteiger partial charge in [0.2, 0.25) is 11.8 Å². The summed E-state index contributed by atoms with van der Waals surface area (Å²) in [6.45, 7) is 7.25. The molecular formula is C43H51N11O6. The molecule has 314 valence electrons. The van der Waals surface area contributed by atoms with Crippen molar-refractivity contribution in [1.82, 2.24) is 34.9 Å². The lowest BCUT2D eigenvalue weighted by Gasteiger charge is -2.48. The Morgan fingerprint density at radius 2 is 1.67 bits per heavy atom. The Labute approximate surface area is 348 Å². The predicted octanol–water partition coefficient (Wildman–Crippen LogP) is 2.94. The first-order valence-corrected chi connectivity index (χ1v) is 21.1. The first-order valence-electron chi connectivity index (χ1n) is 21.1. The fourth-order valence-electron chi connectivity index (χ4n) is 10.1. The van der Waals surface area contributed by atoms with Gasteiger partial charge in [-0.1, -0.05) is 6.07 Å². The third kappa shape index (κ3) is 7.50. The van der Waals surface area contributed by atoms with Crippen LogP contribution in [0.3, 0.4) is 0 Å². The molecule has 0 radical (unpaired) electrons. The number of likely N-dealkylation sites (N-methyl/N-ethyl adjacent to an activating group) is 1. The number of likely N-dealkylation sites (tertiary alicyclic amines) is 1. The van der Waals surface area contributed by atoms with Crippen LogP contribution in [0.25, 0.3) is 0 Å². The molecule has 3 aromatic rings. The predicted molar refractivity (Wildman–Crippen MR) is 222 cm³/mol. The number of urea groups is 1. The van der Waals surface area contributed by atoms with E-state index in [0.717, 1.165) is 99.6 Å². The Kier molecular flexibility index (Phi) is 10.4. The molecule has 5 saturated heterocycles. The highest BCUT2D eigenvalue weighted by molar-refractivity contribution is 6.23. The molecule has 6 aliphatic heterocycles. The number of benzene rings is 2. The van der Waals surface area contributed by atoms with Gasteiger partial charge in [-0.05, 0) is 98.9 Å². The molecule has 6 aliphatic rings. The maximum Gasteiger partial charge on any atom is 0.320 e. The SMILES string of the molecule is CN1CCN([C@H]2CCCN(c3cnc(C(N)=O)c(Nc4ccc(N5CCC6(CCCN(Cc7ccc8c(c7)C(=O)N(C7CCC(=O)NC7=O)C8=O)C6)CC5)cc4)n3)C2)C1=O. The van der Waals surface area contributed by atoms with Crippen LogP contribution in [0.2, 0.25) is 0 Å². The minimum atomic E-state index is -0.979. The fourth-order valence-corrected chi connectivity index (χ4v) is 10.1. The molecule has 4 N–H and O–H groups in total. The summed E-state index contributed by atoms with van der Waals surface area (Å²) in [5.74, 6) is -1.72. The number of nitrogens with zero attached hydrogens (tertiary/aromatic N) is 8. The van der Waals surface area contributed by atoms with Crippen LogP contribution in [0.5, 0.6) is 0 Å². The van der Waals surface area contributed by atoms with Crippen molar-refractivity contribution in [2.75, 3.05) is 74.5 Å². The van der Waals surface area contributed by atoms with Crippen molar-refractivity contribution in [2.45, 2.75) is 70.0 Å². The summed E-state index contributed by atoms with van der Waals surface area (Å²) in [5.41, 5.74) is 9.41. The van der Waals surface area contributed by atoms with Crippen LogP contribution in [0.4, 0.5) is 27.8 Å². The quantitative estimate of drug-likeness (QED) is 0.268. The van der Waals surface area contributed by atoms with Crippen molar-refractivity contribution in [1.29, 1.82) is 0 Å². The summed E-state index contributed by atoms with van der Waals surface area (Å²) in [5, 5.41) is 5.54. The Morgan fingerprint density at radius 3 is 2.40 bits per heavy atom. The smallest absolute Gasteiger partial charge is 0.320 e. The molecule has 0 aliphatic carbocycles. The van der Waals surface area contributed by atoms with E-state index in [0.29, 0.717) is 42.4 Å². The van der Waals surface area contributed by atoms with Crippen LogP contribution < -0.4 is 26.2 Å². The van der Waals surface area contributed by atoms with Gasteiger partial charge in [-0.15, -0.1) is 0 Å². The van der Waals surface area contributed by atoms with Gasteiger partial charge in [-0.25, -0.2) is 14.8 Å². The van der Waals surface area contributed by atoms with E-state index in [1.165, 1.54) is 0 Å². The van der Waals surface area contributed by atoms with Crippen molar-refractivity contribution in [2.24, 2.45) is 11.1 Å². The first-order chi connectivity index (χ1) is 28.9. The molecule has 0 bridgehead atoms. The summed E-state index contributed by atoms with van der Waals surface area (Å²) in [4.78, 5) is 96.8. The number of hydrogen-bond acceptors (Lipinski definition) is 12. The molecule has 0 saturated carbocycles. The summed E-state index contributed by atoms with van der Waals surface area (Å²) in [6.07, 6.45) is 7.98. The average molecular weight is 818 g/mol. The molecule has 9 rings (SSSR count). The van der Waals surface area contributed by atoms with E-state index in [4.69, 9.17) is 10.7 Å². The number of nitrogens with two attached hydrogens (primary N) is 1. The van der Waals surface area contributed by atoms with E-state index in [-0.39, 0.29) is 36.0 Å². The number of primary amides is 1.